The normalized spacial score (nSPS) is 19.5. The van der Waals surface area contributed by atoms with E-state index in [1.165, 1.54) is 19.2 Å². The molecule has 9 heteroatoms. The van der Waals surface area contributed by atoms with Crippen LogP contribution in [0.3, 0.4) is 0 Å². The van der Waals surface area contributed by atoms with Crippen molar-refractivity contribution in [3.8, 4) is 16.9 Å². The fraction of sp³-hybridized carbons (Fsp3) is 0.321. The first-order valence-electron chi connectivity index (χ1n) is 11.9. The van der Waals surface area contributed by atoms with Crippen molar-refractivity contribution in [2.45, 2.75) is 38.3 Å². The molecule has 1 N–H and O–H groups in total. The lowest BCUT2D eigenvalue weighted by Crippen LogP contribution is -2.37. The van der Waals surface area contributed by atoms with Gasteiger partial charge in [-0.3, -0.25) is 4.79 Å². The second-order valence-corrected chi connectivity index (χ2v) is 11.2. The van der Waals surface area contributed by atoms with E-state index >= 15 is 8.78 Å². The maximum atomic E-state index is 16.0. The van der Waals surface area contributed by atoms with Crippen LogP contribution in [0.25, 0.3) is 11.1 Å². The van der Waals surface area contributed by atoms with Crippen LogP contribution in [0.15, 0.2) is 66.7 Å². The summed E-state index contributed by atoms with van der Waals surface area (Å²) < 4.78 is 68.0. The lowest BCUT2D eigenvalue weighted by atomic mass is 9.79. The Morgan fingerprint density at radius 3 is 2.46 bits per heavy atom. The number of ether oxygens (including phenoxy) is 2. The maximum absolute atomic E-state index is 16.0. The number of carbonyl (C=O) groups excluding carboxylic acids is 1. The van der Waals surface area contributed by atoms with Gasteiger partial charge < -0.3 is 9.47 Å². The van der Waals surface area contributed by atoms with Crippen LogP contribution in [0, 0.1) is 17.0 Å². The summed E-state index contributed by atoms with van der Waals surface area (Å²) in [5, 5.41) is 0. The number of esters is 1. The van der Waals surface area contributed by atoms with Gasteiger partial charge in [-0.05, 0) is 48.9 Å². The van der Waals surface area contributed by atoms with E-state index < -0.39 is 39.1 Å². The highest BCUT2D eigenvalue weighted by Gasteiger charge is 2.47. The molecule has 1 aliphatic rings. The van der Waals surface area contributed by atoms with Crippen molar-refractivity contribution in [1.29, 1.82) is 0 Å². The molecule has 0 amide bonds. The van der Waals surface area contributed by atoms with Crippen LogP contribution < -0.4 is 9.46 Å². The van der Waals surface area contributed by atoms with Crippen LogP contribution in [0.2, 0.25) is 0 Å². The first-order chi connectivity index (χ1) is 17.6. The number of nitrogens with one attached hydrogen (secondary N) is 1. The number of rotatable bonds is 9. The molecular weight excluding hydrogens is 500 g/mol. The summed E-state index contributed by atoms with van der Waals surface area (Å²) in [6.45, 7) is 0.223. The van der Waals surface area contributed by atoms with Gasteiger partial charge in [0.1, 0.15) is 24.0 Å². The Hall–Kier alpha value is -3.30. The Labute approximate surface area is 215 Å². The van der Waals surface area contributed by atoms with Crippen molar-refractivity contribution in [1.82, 2.24) is 4.72 Å². The third kappa shape index (κ3) is 6.17. The van der Waals surface area contributed by atoms with Crippen LogP contribution in [0.1, 0.15) is 30.4 Å². The highest BCUT2D eigenvalue weighted by atomic mass is 32.2. The summed E-state index contributed by atoms with van der Waals surface area (Å²) in [5.41, 5.74) is -0.0864. The van der Waals surface area contributed by atoms with Gasteiger partial charge in [0.25, 0.3) is 0 Å². The van der Waals surface area contributed by atoms with Crippen LogP contribution in [0.4, 0.5) is 8.78 Å². The van der Waals surface area contributed by atoms with Gasteiger partial charge in [-0.1, -0.05) is 54.6 Å². The second-order valence-electron chi connectivity index (χ2n) is 9.44. The van der Waals surface area contributed by atoms with E-state index in [4.69, 9.17) is 9.47 Å². The number of benzene rings is 3. The smallest absolute Gasteiger partial charge is 0.312 e. The molecule has 1 saturated carbocycles. The Kier molecular flexibility index (Phi) is 7.94. The quantitative estimate of drug-likeness (QED) is 0.394. The summed E-state index contributed by atoms with van der Waals surface area (Å²) in [6, 6.07) is 18.1. The molecule has 1 fully saturated rings. The lowest BCUT2D eigenvalue weighted by Gasteiger charge is -2.27. The number of hydrogen-bond donors (Lipinski definition) is 1. The van der Waals surface area contributed by atoms with Crippen LogP contribution in [0.5, 0.6) is 5.75 Å². The molecule has 196 valence electrons. The van der Waals surface area contributed by atoms with E-state index in [9.17, 15) is 13.2 Å². The summed E-state index contributed by atoms with van der Waals surface area (Å²) in [6.07, 6.45) is 1.83. The van der Waals surface area contributed by atoms with Gasteiger partial charge in [0, 0.05) is 11.6 Å². The van der Waals surface area contributed by atoms with Gasteiger partial charge in [-0.15, -0.1) is 0 Å². The molecule has 0 saturated heterocycles. The molecule has 2 atom stereocenters. The largest absolute Gasteiger partial charge is 0.488 e. The average Bonchev–Trinajstić information content (AvgIpc) is 3.27. The Balaban J connectivity index is 1.67. The van der Waals surface area contributed by atoms with E-state index in [0.717, 1.165) is 11.8 Å². The molecule has 37 heavy (non-hydrogen) atoms. The number of hydrogen-bond acceptors (Lipinski definition) is 5. The van der Waals surface area contributed by atoms with Gasteiger partial charge in [0.2, 0.25) is 10.0 Å². The third-order valence-electron chi connectivity index (χ3n) is 6.70. The standard InChI is InChI=1S/C28H29F2NO5S/c1-35-27(32)28(15-14-21(17-28)31-37(2,33)34)16-20-12-13-23(29)25(26(20)30)22-10-6-7-11-24(22)36-18-19-8-4-3-5-9-19/h3-13,21,31H,14-18H2,1-2H3/t21-,28+/m0/s1. The van der Waals surface area contributed by atoms with Gasteiger partial charge in [0.15, 0.2) is 0 Å². The zero-order valence-electron chi connectivity index (χ0n) is 20.7. The van der Waals surface area contributed by atoms with E-state index in [1.54, 1.807) is 24.3 Å². The van der Waals surface area contributed by atoms with E-state index in [-0.39, 0.29) is 36.1 Å². The van der Waals surface area contributed by atoms with Crippen molar-refractivity contribution in [2.75, 3.05) is 13.4 Å². The van der Waals surface area contributed by atoms with Gasteiger partial charge in [-0.2, -0.15) is 0 Å². The molecule has 0 bridgehead atoms. The zero-order valence-corrected chi connectivity index (χ0v) is 21.5. The summed E-state index contributed by atoms with van der Waals surface area (Å²) >= 11 is 0. The molecule has 0 radical (unpaired) electrons. The maximum Gasteiger partial charge on any atom is 0.312 e. The fourth-order valence-electron chi connectivity index (χ4n) is 5.04. The highest BCUT2D eigenvalue weighted by molar-refractivity contribution is 7.88. The van der Waals surface area contributed by atoms with Crippen molar-refractivity contribution >= 4 is 16.0 Å². The Morgan fingerprint density at radius 1 is 1.05 bits per heavy atom. The van der Waals surface area contributed by atoms with E-state index in [1.807, 2.05) is 30.3 Å². The monoisotopic (exact) mass is 529 g/mol. The van der Waals surface area contributed by atoms with E-state index in [0.29, 0.717) is 18.6 Å². The molecule has 0 unspecified atom stereocenters. The first-order valence-corrected chi connectivity index (χ1v) is 13.8. The Morgan fingerprint density at radius 2 is 1.76 bits per heavy atom. The minimum atomic E-state index is -3.49. The molecule has 0 aromatic heterocycles. The zero-order chi connectivity index (χ0) is 26.6. The van der Waals surface area contributed by atoms with Crippen molar-refractivity contribution in [3.63, 3.8) is 0 Å². The van der Waals surface area contributed by atoms with Crippen LogP contribution in [-0.2, 0) is 32.6 Å². The molecule has 3 aromatic carbocycles. The Bertz CT molecular complexity index is 1380. The van der Waals surface area contributed by atoms with Gasteiger partial charge in [0.05, 0.1) is 24.3 Å². The van der Waals surface area contributed by atoms with Crippen LogP contribution in [-0.4, -0.2) is 33.8 Å². The van der Waals surface area contributed by atoms with Crippen molar-refractivity contribution in [2.24, 2.45) is 5.41 Å². The molecule has 1 aliphatic carbocycles. The summed E-state index contributed by atoms with van der Waals surface area (Å²) in [5.74, 6) is -1.78. The first kappa shape index (κ1) is 26.8. The third-order valence-corrected chi connectivity index (χ3v) is 7.46. The number of carbonyl (C=O) groups is 1. The minimum absolute atomic E-state index is 0.0617. The number of sulfonamides is 1. The number of methoxy groups -OCH3 is 1. The molecule has 3 aromatic rings. The fourth-order valence-corrected chi connectivity index (χ4v) is 5.85. The van der Waals surface area contributed by atoms with E-state index in [2.05, 4.69) is 4.72 Å². The predicted molar refractivity (Wildman–Crippen MR) is 136 cm³/mol. The lowest BCUT2D eigenvalue weighted by molar-refractivity contribution is -0.152. The SMILES string of the molecule is COC(=O)[C@@]1(Cc2ccc(F)c(-c3ccccc3OCc3ccccc3)c2F)CC[C@H](NS(C)(=O)=O)C1. The van der Waals surface area contributed by atoms with Crippen molar-refractivity contribution < 1.29 is 31.5 Å². The molecule has 6 nitrogen and oxygen atoms in total. The van der Waals surface area contributed by atoms with Crippen molar-refractivity contribution in [3.05, 3.63) is 89.5 Å². The molecular formula is C28H29F2NO5S. The summed E-state index contributed by atoms with van der Waals surface area (Å²) in [4.78, 5) is 12.8. The highest BCUT2D eigenvalue weighted by Crippen LogP contribution is 2.44. The van der Waals surface area contributed by atoms with Crippen LogP contribution >= 0.6 is 0 Å². The average molecular weight is 530 g/mol. The molecule has 4 rings (SSSR count). The number of halogens is 2. The molecule has 0 heterocycles. The topological polar surface area (TPSA) is 81.7 Å². The van der Waals surface area contributed by atoms with Gasteiger partial charge in [-0.25, -0.2) is 21.9 Å². The second kappa shape index (κ2) is 11.0. The molecule has 0 aliphatic heterocycles. The minimum Gasteiger partial charge on any atom is -0.488 e. The molecule has 0 spiro atoms. The van der Waals surface area contributed by atoms with Gasteiger partial charge >= 0.3 is 5.97 Å². The number of para-hydroxylation sites is 1. The predicted octanol–water partition coefficient (Wildman–Crippen LogP) is 5.01. The summed E-state index contributed by atoms with van der Waals surface area (Å²) in [7, 11) is -2.25.